The Morgan fingerprint density at radius 2 is 2.04 bits per heavy atom. The predicted molar refractivity (Wildman–Crippen MR) is 109 cm³/mol. The van der Waals surface area contributed by atoms with Crippen molar-refractivity contribution >= 4 is 40.1 Å². The Bertz CT molecular complexity index is 815. The van der Waals surface area contributed by atoms with Crippen molar-refractivity contribution in [3.63, 3.8) is 0 Å². The van der Waals surface area contributed by atoms with Gasteiger partial charge < -0.3 is 15.4 Å². The number of halogens is 1. The quantitative estimate of drug-likeness (QED) is 0.733. The molecule has 1 heterocycles. The van der Waals surface area contributed by atoms with Crippen LogP contribution in [-0.4, -0.2) is 29.1 Å². The molecule has 0 aliphatic rings. The van der Waals surface area contributed by atoms with E-state index in [0.29, 0.717) is 11.6 Å². The van der Waals surface area contributed by atoms with E-state index in [2.05, 4.69) is 15.6 Å². The van der Waals surface area contributed by atoms with Gasteiger partial charge in [0.1, 0.15) is 5.60 Å². The van der Waals surface area contributed by atoms with Gasteiger partial charge in [0.15, 0.2) is 5.13 Å². The molecule has 2 N–H and O–H groups in total. The van der Waals surface area contributed by atoms with Crippen LogP contribution >= 0.6 is 22.9 Å². The number of carbonyl (C=O) groups excluding carboxylic acids is 2. The summed E-state index contributed by atoms with van der Waals surface area (Å²) in [6.45, 7) is 7.50. The molecule has 0 aliphatic carbocycles. The van der Waals surface area contributed by atoms with E-state index in [9.17, 15) is 9.59 Å². The van der Waals surface area contributed by atoms with Crippen molar-refractivity contribution in [2.24, 2.45) is 0 Å². The first-order valence-electron chi connectivity index (χ1n) is 8.59. The number of carbonyl (C=O) groups is 2. The number of nitrogens with one attached hydrogen (secondary N) is 2. The van der Waals surface area contributed by atoms with Crippen LogP contribution in [0.5, 0.6) is 0 Å². The molecular formula is C19H24ClN3O3S. The average molecular weight is 410 g/mol. The third-order valence-electron chi connectivity index (χ3n) is 3.43. The molecule has 0 bridgehead atoms. The van der Waals surface area contributed by atoms with Crippen LogP contribution in [0.1, 0.15) is 43.2 Å². The molecule has 2 aromatic rings. The Hall–Kier alpha value is -2.12. The Kier molecular flexibility index (Phi) is 7.21. The standard InChI is InChI=1S/C19H24ClN3O3S/c1-12-5-6-13(10-15(12)20)9-14-11-22-17(27-14)23-16(24)7-8-21-18(25)26-19(2,3)4/h5-6,10-11H,7-9H2,1-4H3,(H,21,25)(H,22,23,24). The number of hydrogen-bond donors (Lipinski definition) is 2. The second-order valence-electron chi connectivity index (χ2n) is 7.12. The van der Waals surface area contributed by atoms with Crippen LogP contribution in [0.4, 0.5) is 9.93 Å². The Morgan fingerprint density at radius 3 is 2.70 bits per heavy atom. The van der Waals surface area contributed by atoms with Crippen LogP contribution in [0, 0.1) is 6.92 Å². The van der Waals surface area contributed by atoms with Crippen LogP contribution in [0.3, 0.4) is 0 Å². The van der Waals surface area contributed by atoms with Crippen molar-refractivity contribution in [3.05, 3.63) is 45.4 Å². The maximum Gasteiger partial charge on any atom is 0.407 e. The molecule has 0 saturated carbocycles. The minimum absolute atomic E-state index is 0.141. The third kappa shape index (κ3) is 7.56. The number of anilines is 1. The first-order chi connectivity index (χ1) is 12.6. The lowest BCUT2D eigenvalue weighted by Gasteiger charge is -2.19. The summed E-state index contributed by atoms with van der Waals surface area (Å²) in [6.07, 6.45) is 2.05. The highest BCUT2D eigenvalue weighted by Gasteiger charge is 2.16. The van der Waals surface area contributed by atoms with Crippen molar-refractivity contribution < 1.29 is 14.3 Å². The van der Waals surface area contributed by atoms with Gasteiger partial charge in [-0.15, -0.1) is 11.3 Å². The van der Waals surface area contributed by atoms with Crippen molar-refractivity contribution in [2.45, 2.75) is 46.1 Å². The highest BCUT2D eigenvalue weighted by atomic mass is 35.5. The molecule has 8 heteroatoms. The van der Waals surface area contributed by atoms with Gasteiger partial charge in [0.2, 0.25) is 5.91 Å². The van der Waals surface area contributed by atoms with E-state index >= 15 is 0 Å². The molecule has 0 unspecified atom stereocenters. The van der Waals surface area contributed by atoms with Crippen LogP contribution < -0.4 is 10.6 Å². The zero-order valence-electron chi connectivity index (χ0n) is 15.9. The number of aryl methyl sites for hydroxylation is 1. The normalized spacial score (nSPS) is 11.1. The van der Waals surface area contributed by atoms with E-state index in [-0.39, 0.29) is 18.9 Å². The molecule has 6 nitrogen and oxygen atoms in total. The maximum absolute atomic E-state index is 12.0. The monoisotopic (exact) mass is 409 g/mol. The summed E-state index contributed by atoms with van der Waals surface area (Å²) < 4.78 is 5.11. The molecule has 0 spiro atoms. The molecule has 27 heavy (non-hydrogen) atoms. The largest absolute Gasteiger partial charge is 0.444 e. The predicted octanol–water partition coefficient (Wildman–Crippen LogP) is 4.55. The van der Waals surface area contributed by atoms with Gasteiger partial charge >= 0.3 is 6.09 Å². The first kappa shape index (κ1) is 21.2. The number of thiazole rings is 1. The molecule has 0 saturated heterocycles. The fourth-order valence-corrected chi connectivity index (χ4v) is 3.23. The zero-order valence-corrected chi connectivity index (χ0v) is 17.5. The lowest BCUT2D eigenvalue weighted by Crippen LogP contribution is -2.34. The van der Waals surface area contributed by atoms with Gasteiger partial charge in [-0.25, -0.2) is 9.78 Å². The van der Waals surface area contributed by atoms with Crippen molar-refractivity contribution in [2.75, 3.05) is 11.9 Å². The van der Waals surface area contributed by atoms with Gasteiger partial charge in [-0.3, -0.25) is 4.79 Å². The van der Waals surface area contributed by atoms with Gasteiger partial charge in [0.25, 0.3) is 0 Å². The SMILES string of the molecule is Cc1ccc(Cc2cnc(NC(=O)CCNC(=O)OC(C)(C)C)s2)cc1Cl. The van der Waals surface area contributed by atoms with Gasteiger partial charge in [-0.05, 0) is 44.9 Å². The molecule has 1 aromatic heterocycles. The van der Waals surface area contributed by atoms with Gasteiger partial charge in [-0.2, -0.15) is 0 Å². The molecule has 2 amide bonds. The van der Waals surface area contributed by atoms with Gasteiger partial charge in [0.05, 0.1) is 0 Å². The number of alkyl carbamates (subject to hydrolysis) is 1. The summed E-state index contributed by atoms with van der Waals surface area (Å²) >= 11 is 7.57. The number of aromatic nitrogens is 1. The number of amides is 2. The highest BCUT2D eigenvalue weighted by Crippen LogP contribution is 2.24. The molecular weight excluding hydrogens is 386 g/mol. The van der Waals surface area contributed by atoms with Crippen molar-refractivity contribution in [1.29, 1.82) is 0 Å². The number of hydrogen-bond acceptors (Lipinski definition) is 5. The Morgan fingerprint density at radius 1 is 1.30 bits per heavy atom. The first-order valence-corrected chi connectivity index (χ1v) is 9.78. The topological polar surface area (TPSA) is 80.3 Å². The number of benzene rings is 1. The van der Waals surface area contributed by atoms with Crippen molar-refractivity contribution in [1.82, 2.24) is 10.3 Å². The summed E-state index contributed by atoms with van der Waals surface area (Å²) in [5, 5.41) is 6.56. The lowest BCUT2D eigenvalue weighted by atomic mass is 10.1. The van der Waals surface area contributed by atoms with E-state index in [1.165, 1.54) is 11.3 Å². The number of rotatable bonds is 6. The van der Waals surface area contributed by atoms with Crippen LogP contribution in [0.2, 0.25) is 5.02 Å². The minimum atomic E-state index is -0.564. The van der Waals surface area contributed by atoms with Crippen molar-refractivity contribution in [3.8, 4) is 0 Å². The van der Waals surface area contributed by atoms with Crippen LogP contribution in [-0.2, 0) is 16.0 Å². The van der Waals surface area contributed by atoms with Gasteiger partial charge in [-0.1, -0.05) is 23.7 Å². The lowest BCUT2D eigenvalue weighted by molar-refractivity contribution is -0.116. The second-order valence-corrected chi connectivity index (χ2v) is 8.64. The minimum Gasteiger partial charge on any atom is -0.444 e. The number of nitrogens with zero attached hydrogens (tertiary/aromatic N) is 1. The van der Waals surface area contributed by atoms with Crippen LogP contribution in [0.15, 0.2) is 24.4 Å². The van der Waals surface area contributed by atoms with E-state index in [0.717, 1.165) is 21.0 Å². The summed E-state index contributed by atoms with van der Waals surface area (Å²) in [4.78, 5) is 28.8. The maximum atomic E-state index is 12.0. The smallest absolute Gasteiger partial charge is 0.407 e. The molecule has 1 aromatic carbocycles. The molecule has 2 rings (SSSR count). The molecule has 0 atom stereocenters. The fraction of sp³-hybridized carbons (Fsp3) is 0.421. The fourth-order valence-electron chi connectivity index (χ4n) is 2.17. The zero-order chi connectivity index (χ0) is 20.0. The summed E-state index contributed by atoms with van der Waals surface area (Å²) in [7, 11) is 0. The summed E-state index contributed by atoms with van der Waals surface area (Å²) in [5.41, 5.74) is 1.57. The van der Waals surface area contributed by atoms with Gasteiger partial charge in [0, 0.05) is 35.5 Å². The van der Waals surface area contributed by atoms with E-state index in [1.54, 1.807) is 27.0 Å². The Labute approximate surface area is 168 Å². The molecule has 0 aliphatic heterocycles. The summed E-state index contributed by atoms with van der Waals surface area (Å²) in [5.74, 6) is -0.217. The second kappa shape index (κ2) is 9.19. The average Bonchev–Trinajstić information content (AvgIpc) is 2.96. The highest BCUT2D eigenvalue weighted by molar-refractivity contribution is 7.15. The number of ether oxygens (including phenoxy) is 1. The third-order valence-corrected chi connectivity index (χ3v) is 4.75. The van der Waals surface area contributed by atoms with Crippen LogP contribution in [0.25, 0.3) is 0 Å². The molecule has 0 fully saturated rings. The summed E-state index contributed by atoms with van der Waals surface area (Å²) in [6, 6.07) is 5.96. The Balaban J connectivity index is 1.78. The van der Waals surface area contributed by atoms with E-state index < -0.39 is 11.7 Å². The molecule has 146 valence electrons. The van der Waals surface area contributed by atoms with E-state index in [4.69, 9.17) is 16.3 Å². The molecule has 0 radical (unpaired) electrons. The van der Waals surface area contributed by atoms with E-state index in [1.807, 2.05) is 25.1 Å².